The molecule has 3 heteroatoms. The number of carbonyl (C=O) groups is 1. The first-order valence-electron chi connectivity index (χ1n) is 6.88. The third-order valence-electron chi connectivity index (χ3n) is 5.45. The summed E-state index contributed by atoms with van der Waals surface area (Å²) in [6.45, 7) is 4.87. The molecule has 4 aliphatic carbocycles. The lowest BCUT2D eigenvalue weighted by molar-refractivity contribution is -0.136. The summed E-state index contributed by atoms with van der Waals surface area (Å²) in [5.41, 5.74) is 1.32. The van der Waals surface area contributed by atoms with Gasteiger partial charge in [0.25, 0.3) is 7.28 Å². The van der Waals surface area contributed by atoms with E-state index in [-0.39, 0.29) is 0 Å². The molecule has 4 rings (SSSR count). The Labute approximate surface area is 104 Å². The smallest absolute Gasteiger partial charge is 0.261 e. The molecule has 2 unspecified atom stereocenters. The van der Waals surface area contributed by atoms with E-state index in [4.69, 9.17) is 5.11 Å². The van der Waals surface area contributed by atoms with Crippen LogP contribution in [-0.2, 0) is 0 Å². The summed E-state index contributed by atoms with van der Waals surface area (Å²) in [6.07, 6.45) is 8.73. The fraction of sp³-hybridized carbons (Fsp3) is 0.929. The van der Waals surface area contributed by atoms with Crippen molar-refractivity contribution >= 4 is 13.1 Å². The molecule has 4 saturated carbocycles. The molecule has 1 N–H and O–H groups in total. The second kappa shape index (κ2) is 3.30. The van der Waals surface area contributed by atoms with Gasteiger partial charge in [-0.25, -0.2) is 0 Å². The Morgan fingerprint density at radius 1 is 1.18 bits per heavy atom. The maximum atomic E-state index is 10.8. The Kier molecular flexibility index (Phi) is 2.25. The van der Waals surface area contributed by atoms with E-state index < -0.39 is 5.87 Å². The van der Waals surface area contributed by atoms with Crippen molar-refractivity contribution in [1.29, 1.82) is 0 Å². The van der Waals surface area contributed by atoms with Crippen molar-refractivity contribution < 1.29 is 9.90 Å². The van der Waals surface area contributed by atoms with Crippen molar-refractivity contribution in [2.45, 2.75) is 58.7 Å². The third-order valence-corrected chi connectivity index (χ3v) is 5.45. The van der Waals surface area contributed by atoms with Crippen LogP contribution in [0.2, 0.25) is 6.32 Å². The Morgan fingerprint density at radius 3 is 2.24 bits per heavy atom. The zero-order valence-electron chi connectivity index (χ0n) is 11.0. The number of carboxylic acid groups (broad SMARTS) is 1. The predicted octanol–water partition coefficient (Wildman–Crippen LogP) is 3.78. The molecule has 0 aromatic heterocycles. The van der Waals surface area contributed by atoms with Crippen molar-refractivity contribution in [3.05, 3.63) is 0 Å². The number of rotatable bonds is 3. The second-order valence-electron chi connectivity index (χ2n) is 7.88. The third kappa shape index (κ3) is 1.92. The highest BCUT2D eigenvalue weighted by molar-refractivity contribution is 6.71. The van der Waals surface area contributed by atoms with Crippen LogP contribution in [0.15, 0.2) is 0 Å². The van der Waals surface area contributed by atoms with E-state index in [0.29, 0.717) is 16.2 Å². The summed E-state index contributed by atoms with van der Waals surface area (Å²) >= 11 is 0. The zero-order valence-corrected chi connectivity index (χ0v) is 11.0. The highest BCUT2D eigenvalue weighted by atomic mass is 16.4. The number of hydrogen-bond acceptors (Lipinski definition) is 1. The molecule has 0 aromatic carbocycles. The lowest BCUT2D eigenvalue weighted by atomic mass is 9.37. The number of hydrogen-bond donors (Lipinski definition) is 1. The molecule has 1 radical (unpaired) electrons. The lowest BCUT2D eigenvalue weighted by Gasteiger charge is -2.65. The van der Waals surface area contributed by atoms with Crippen molar-refractivity contribution in [2.24, 2.45) is 22.2 Å². The Hall–Kier alpha value is -0.465. The van der Waals surface area contributed by atoms with Crippen molar-refractivity contribution in [1.82, 2.24) is 0 Å². The first-order valence-corrected chi connectivity index (χ1v) is 6.88. The fourth-order valence-corrected chi connectivity index (χ4v) is 6.22. The Bertz CT molecular complexity index is 347. The Morgan fingerprint density at radius 2 is 1.76 bits per heavy atom. The zero-order chi connectivity index (χ0) is 12.3. The van der Waals surface area contributed by atoms with E-state index in [9.17, 15) is 4.79 Å². The van der Waals surface area contributed by atoms with Gasteiger partial charge < -0.3 is 5.11 Å². The monoisotopic (exact) mass is 233 g/mol. The van der Waals surface area contributed by atoms with Gasteiger partial charge in [-0.2, -0.15) is 0 Å². The van der Waals surface area contributed by atoms with E-state index in [1.54, 1.807) is 0 Å². The van der Waals surface area contributed by atoms with Crippen LogP contribution < -0.4 is 0 Å². The molecule has 93 valence electrons. The molecule has 0 spiro atoms. The molecule has 2 nitrogen and oxygen atoms in total. The van der Waals surface area contributed by atoms with Crippen LogP contribution in [0.4, 0.5) is 4.79 Å². The summed E-state index contributed by atoms with van der Waals surface area (Å²) in [5, 5.41) is 8.89. The van der Waals surface area contributed by atoms with Crippen LogP contribution in [0.25, 0.3) is 0 Å². The lowest BCUT2D eigenvalue weighted by Crippen LogP contribution is -2.55. The van der Waals surface area contributed by atoms with Gasteiger partial charge in [0.15, 0.2) is 0 Å². The molecular formula is C14H22BO2. The van der Waals surface area contributed by atoms with E-state index in [2.05, 4.69) is 13.8 Å². The largest absolute Gasteiger partial charge is 0.490 e. The van der Waals surface area contributed by atoms with Gasteiger partial charge in [0.2, 0.25) is 5.87 Å². The van der Waals surface area contributed by atoms with Crippen LogP contribution in [0, 0.1) is 22.2 Å². The van der Waals surface area contributed by atoms with Crippen LogP contribution in [0.5, 0.6) is 0 Å². The molecule has 0 aromatic rings. The Balaban J connectivity index is 1.84. The van der Waals surface area contributed by atoms with E-state index >= 15 is 0 Å². The van der Waals surface area contributed by atoms with Crippen molar-refractivity contribution in [3.63, 3.8) is 0 Å². The van der Waals surface area contributed by atoms with Gasteiger partial charge in [0, 0.05) is 0 Å². The molecule has 4 aliphatic rings. The van der Waals surface area contributed by atoms with Crippen LogP contribution in [0.1, 0.15) is 52.4 Å². The van der Waals surface area contributed by atoms with Crippen LogP contribution >= 0.6 is 0 Å². The van der Waals surface area contributed by atoms with Crippen LogP contribution in [-0.4, -0.2) is 18.3 Å². The van der Waals surface area contributed by atoms with E-state index in [0.717, 1.165) is 12.2 Å². The molecule has 0 heterocycles. The van der Waals surface area contributed by atoms with Gasteiger partial charge in [-0.3, -0.25) is 4.79 Å². The highest BCUT2D eigenvalue weighted by Gasteiger charge is 2.59. The van der Waals surface area contributed by atoms with Gasteiger partial charge in [-0.1, -0.05) is 20.2 Å². The first kappa shape index (κ1) is 11.6. The minimum Gasteiger partial charge on any atom is -0.490 e. The molecule has 0 saturated heterocycles. The summed E-state index contributed by atoms with van der Waals surface area (Å²) in [6, 6.07) is 0. The molecule has 0 amide bonds. The molecule has 0 aliphatic heterocycles. The fourth-order valence-electron chi connectivity index (χ4n) is 6.22. The normalized spacial score (nSPS) is 51.5. The predicted molar refractivity (Wildman–Crippen MR) is 68.4 cm³/mol. The van der Waals surface area contributed by atoms with E-state index in [1.165, 1.54) is 45.8 Å². The van der Waals surface area contributed by atoms with Gasteiger partial charge in [0.05, 0.1) is 0 Å². The molecule has 4 fully saturated rings. The SMILES string of the molecule is CC12CC3CC(C)(C1)CC(C[B]C(=O)O)(C3)C2. The maximum absolute atomic E-state index is 10.8. The average Bonchev–Trinajstić information content (AvgIpc) is 2.08. The highest BCUT2D eigenvalue weighted by Crippen LogP contribution is 2.70. The standard InChI is InChI=1S/C14H22BO2/c1-12-3-10-4-13(2,6-12)8-14(5-10,7-12)9-15-11(16)17/h10H,3-9H2,1-2H3,(H,16,17). The summed E-state index contributed by atoms with van der Waals surface area (Å²) in [7, 11) is 1.51. The van der Waals surface area contributed by atoms with Crippen molar-refractivity contribution in [3.8, 4) is 0 Å². The molecular weight excluding hydrogens is 211 g/mol. The van der Waals surface area contributed by atoms with E-state index in [1.807, 2.05) is 0 Å². The van der Waals surface area contributed by atoms with Crippen molar-refractivity contribution in [2.75, 3.05) is 0 Å². The quantitative estimate of drug-likeness (QED) is 0.753. The minimum atomic E-state index is -0.740. The van der Waals surface area contributed by atoms with Gasteiger partial charge in [-0.15, -0.1) is 0 Å². The first-order chi connectivity index (χ1) is 7.82. The molecule has 2 atom stereocenters. The minimum absolute atomic E-state index is 0.321. The summed E-state index contributed by atoms with van der Waals surface area (Å²) in [5.74, 6) is 0.125. The summed E-state index contributed by atoms with van der Waals surface area (Å²) < 4.78 is 0. The van der Waals surface area contributed by atoms with Crippen LogP contribution in [0.3, 0.4) is 0 Å². The maximum Gasteiger partial charge on any atom is 0.261 e. The summed E-state index contributed by atoms with van der Waals surface area (Å²) in [4.78, 5) is 10.8. The van der Waals surface area contributed by atoms with Gasteiger partial charge in [0.1, 0.15) is 0 Å². The molecule has 4 bridgehead atoms. The topological polar surface area (TPSA) is 37.3 Å². The average molecular weight is 233 g/mol. The second-order valence-corrected chi connectivity index (χ2v) is 7.88. The van der Waals surface area contributed by atoms with Gasteiger partial charge in [-0.05, 0) is 60.7 Å². The van der Waals surface area contributed by atoms with Gasteiger partial charge >= 0.3 is 0 Å². The molecule has 17 heavy (non-hydrogen) atoms.